The van der Waals surface area contributed by atoms with Crippen molar-refractivity contribution in [3.63, 3.8) is 0 Å². The Balaban J connectivity index is 2.64. The van der Waals surface area contributed by atoms with Crippen molar-refractivity contribution in [1.29, 1.82) is 0 Å². The second kappa shape index (κ2) is 7.75. The van der Waals surface area contributed by atoms with E-state index in [1.54, 1.807) is 14.2 Å². The molecule has 0 aliphatic carbocycles. The summed E-state index contributed by atoms with van der Waals surface area (Å²) in [5, 5.41) is 2.84. The molecule has 112 valence electrons. The molecule has 0 fully saturated rings. The van der Waals surface area contributed by atoms with Crippen LogP contribution in [-0.4, -0.2) is 26.2 Å². The molecule has 5 heteroatoms. The quantitative estimate of drug-likeness (QED) is 0.797. The van der Waals surface area contributed by atoms with Gasteiger partial charge in [0.25, 0.3) is 0 Å². The first-order valence-electron chi connectivity index (χ1n) is 6.77. The number of methoxy groups -OCH3 is 2. The van der Waals surface area contributed by atoms with Crippen LogP contribution in [0.15, 0.2) is 18.2 Å². The van der Waals surface area contributed by atoms with Crippen molar-refractivity contribution in [1.82, 2.24) is 5.32 Å². The van der Waals surface area contributed by atoms with E-state index in [0.717, 1.165) is 12.0 Å². The van der Waals surface area contributed by atoms with Crippen molar-refractivity contribution < 1.29 is 14.3 Å². The third-order valence-electron chi connectivity index (χ3n) is 3.47. The number of rotatable bonds is 7. The molecule has 1 aromatic carbocycles. The number of nitrogens with two attached hydrogens (primary N) is 1. The van der Waals surface area contributed by atoms with Crippen LogP contribution < -0.4 is 20.5 Å². The van der Waals surface area contributed by atoms with Crippen LogP contribution in [0.4, 0.5) is 0 Å². The lowest BCUT2D eigenvalue weighted by molar-refractivity contribution is -0.123. The molecule has 3 N–H and O–H groups in total. The highest BCUT2D eigenvalue weighted by molar-refractivity contribution is 5.81. The summed E-state index contributed by atoms with van der Waals surface area (Å²) in [6, 6.07) is 5.07. The highest BCUT2D eigenvalue weighted by Gasteiger charge is 2.18. The Morgan fingerprint density at radius 1 is 1.30 bits per heavy atom. The Hall–Kier alpha value is -1.75. The molecule has 0 spiro atoms. The maximum atomic E-state index is 11.9. The molecule has 2 unspecified atom stereocenters. The summed E-state index contributed by atoms with van der Waals surface area (Å²) < 4.78 is 10.4. The molecule has 0 heterocycles. The predicted octanol–water partition coefficient (Wildman–Crippen LogP) is 1.69. The van der Waals surface area contributed by atoms with Gasteiger partial charge in [-0.15, -0.1) is 0 Å². The molecule has 0 aliphatic heterocycles. The van der Waals surface area contributed by atoms with E-state index in [4.69, 9.17) is 15.2 Å². The van der Waals surface area contributed by atoms with E-state index >= 15 is 0 Å². The van der Waals surface area contributed by atoms with E-state index in [9.17, 15) is 4.79 Å². The fourth-order valence-corrected chi connectivity index (χ4v) is 1.81. The molecule has 0 bridgehead atoms. The smallest absolute Gasteiger partial charge is 0.237 e. The lowest BCUT2D eigenvalue weighted by Gasteiger charge is -2.18. The first-order valence-corrected chi connectivity index (χ1v) is 6.77. The van der Waals surface area contributed by atoms with Crippen molar-refractivity contribution in [2.24, 2.45) is 11.7 Å². The fraction of sp³-hybridized carbons (Fsp3) is 0.533. The monoisotopic (exact) mass is 280 g/mol. The van der Waals surface area contributed by atoms with Crippen molar-refractivity contribution >= 4 is 5.91 Å². The molecular weight excluding hydrogens is 256 g/mol. The summed E-state index contributed by atoms with van der Waals surface area (Å²) >= 11 is 0. The number of nitrogens with one attached hydrogen (secondary N) is 1. The zero-order valence-electron chi connectivity index (χ0n) is 12.6. The van der Waals surface area contributed by atoms with Gasteiger partial charge >= 0.3 is 0 Å². The maximum absolute atomic E-state index is 11.9. The molecule has 5 nitrogen and oxygen atoms in total. The van der Waals surface area contributed by atoms with Gasteiger partial charge < -0.3 is 20.5 Å². The van der Waals surface area contributed by atoms with Gasteiger partial charge in [0, 0.05) is 6.54 Å². The second-order valence-corrected chi connectivity index (χ2v) is 4.82. The van der Waals surface area contributed by atoms with Crippen LogP contribution in [0.2, 0.25) is 0 Å². The Kier molecular flexibility index (Phi) is 6.31. The van der Waals surface area contributed by atoms with Gasteiger partial charge in [-0.25, -0.2) is 0 Å². The highest BCUT2D eigenvalue weighted by Crippen LogP contribution is 2.27. The maximum Gasteiger partial charge on any atom is 0.237 e. The molecule has 1 aromatic rings. The van der Waals surface area contributed by atoms with Crippen LogP contribution in [0.25, 0.3) is 0 Å². The molecule has 1 rings (SSSR count). The highest BCUT2D eigenvalue weighted by atomic mass is 16.5. The van der Waals surface area contributed by atoms with Crippen LogP contribution in [0, 0.1) is 5.92 Å². The molecular formula is C15H24N2O3. The lowest BCUT2D eigenvalue weighted by Crippen LogP contribution is -2.44. The molecule has 20 heavy (non-hydrogen) atoms. The normalized spacial score (nSPS) is 13.4. The van der Waals surface area contributed by atoms with Gasteiger partial charge in [0.1, 0.15) is 0 Å². The zero-order valence-corrected chi connectivity index (χ0v) is 12.6. The minimum Gasteiger partial charge on any atom is -0.493 e. The van der Waals surface area contributed by atoms with Crippen LogP contribution in [0.5, 0.6) is 11.5 Å². The molecule has 1 amide bonds. The summed E-state index contributed by atoms with van der Waals surface area (Å²) in [4.78, 5) is 11.9. The minimum atomic E-state index is -0.472. The van der Waals surface area contributed by atoms with Crippen LogP contribution in [-0.2, 0) is 11.3 Å². The van der Waals surface area contributed by atoms with Gasteiger partial charge in [0.2, 0.25) is 5.91 Å². The molecule has 0 aromatic heterocycles. The molecule has 2 atom stereocenters. The number of ether oxygens (including phenoxy) is 2. The fourth-order valence-electron chi connectivity index (χ4n) is 1.81. The molecule has 0 aliphatic rings. The number of hydrogen-bond donors (Lipinski definition) is 2. The van der Waals surface area contributed by atoms with Gasteiger partial charge in [-0.3, -0.25) is 4.79 Å². The topological polar surface area (TPSA) is 73.6 Å². The van der Waals surface area contributed by atoms with Gasteiger partial charge in [-0.05, 0) is 23.6 Å². The number of benzene rings is 1. The summed E-state index contributed by atoms with van der Waals surface area (Å²) in [6.07, 6.45) is 0.880. The first kappa shape index (κ1) is 16.3. The van der Waals surface area contributed by atoms with Crippen molar-refractivity contribution in [3.05, 3.63) is 23.8 Å². The number of carbonyl (C=O) groups excluding carboxylic acids is 1. The number of hydrogen-bond acceptors (Lipinski definition) is 4. The lowest BCUT2D eigenvalue weighted by atomic mass is 9.99. The van der Waals surface area contributed by atoms with E-state index in [1.807, 2.05) is 32.0 Å². The zero-order chi connectivity index (χ0) is 15.1. The standard InChI is InChI=1S/C15H24N2O3/c1-5-10(2)14(16)15(18)17-9-11-6-7-12(19-3)13(8-11)20-4/h6-8,10,14H,5,9,16H2,1-4H3,(H,17,18). The minimum absolute atomic E-state index is 0.130. The van der Waals surface area contributed by atoms with E-state index in [-0.39, 0.29) is 11.8 Å². The van der Waals surface area contributed by atoms with Crippen LogP contribution in [0.1, 0.15) is 25.8 Å². The second-order valence-electron chi connectivity index (χ2n) is 4.82. The van der Waals surface area contributed by atoms with E-state index in [2.05, 4.69) is 5.32 Å². The van der Waals surface area contributed by atoms with Crippen molar-refractivity contribution in [3.8, 4) is 11.5 Å². The molecule has 0 saturated heterocycles. The summed E-state index contributed by atoms with van der Waals surface area (Å²) in [5.74, 6) is 1.35. The van der Waals surface area contributed by atoms with Gasteiger partial charge in [0.15, 0.2) is 11.5 Å². The Labute approximate surface area is 120 Å². The van der Waals surface area contributed by atoms with E-state index in [0.29, 0.717) is 18.0 Å². The van der Waals surface area contributed by atoms with Crippen LogP contribution >= 0.6 is 0 Å². The predicted molar refractivity (Wildman–Crippen MR) is 78.8 cm³/mol. The Morgan fingerprint density at radius 2 is 1.95 bits per heavy atom. The summed E-state index contributed by atoms with van der Waals surface area (Å²) in [7, 11) is 3.17. The van der Waals surface area contributed by atoms with Gasteiger partial charge in [-0.1, -0.05) is 26.3 Å². The summed E-state index contributed by atoms with van der Waals surface area (Å²) in [6.45, 7) is 4.41. The van der Waals surface area contributed by atoms with E-state index < -0.39 is 6.04 Å². The average Bonchev–Trinajstić information content (AvgIpc) is 2.50. The molecule has 0 radical (unpaired) electrons. The van der Waals surface area contributed by atoms with Crippen molar-refractivity contribution in [2.45, 2.75) is 32.9 Å². The number of carbonyl (C=O) groups is 1. The Bertz CT molecular complexity index is 449. The largest absolute Gasteiger partial charge is 0.493 e. The third-order valence-corrected chi connectivity index (χ3v) is 3.47. The average molecular weight is 280 g/mol. The van der Waals surface area contributed by atoms with E-state index in [1.165, 1.54) is 0 Å². The SMILES string of the molecule is CCC(C)C(N)C(=O)NCc1ccc(OC)c(OC)c1. The number of amides is 1. The first-order chi connectivity index (χ1) is 9.53. The molecule has 0 saturated carbocycles. The van der Waals surface area contributed by atoms with Gasteiger partial charge in [0.05, 0.1) is 20.3 Å². The third kappa shape index (κ3) is 4.13. The van der Waals surface area contributed by atoms with Gasteiger partial charge in [-0.2, -0.15) is 0 Å². The van der Waals surface area contributed by atoms with Crippen molar-refractivity contribution in [2.75, 3.05) is 14.2 Å². The Morgan fingerprint density at radius 3 is 2.50 bits per heavy atom. The van der Waals surface area contributed by atoms with Crippen LogP contribution in [0.3, 0.4) is 0 Å². The summed E-state index contributed by atoms with van der Waals surface area (Å²) in [5.41, 5.74) is 6.82.